The summed E-state index contributed by atoms with van der Waals surface area (Å²) >= 11 is 0. The molecular weight excluding hydrogens is 391 g/mol. The van der Waals surface area contributed by atoms with Crippen LogP contribution in [-0.2, 0) is 20.1 Å². The quantitative estimate of drug-likeness (QED) is 0.446. The highest BCUT2D eigenvalue weighted by molar-refractivity contribution is 14.0. The topological polar surface area (TPSA) is 67.1 Å². The fraction of sp³-hybridized carbons (Fsp3) is 0.400. The lowest BCUT2D eigenvalue weighted by Gasteiger charge is -2.11. The Morgan fingerprint density at radius 1 is 1.32 bits per heavy atom. The Morgan fingerprint density at radius 3 is 2.77 bits per heavy atom. The zero-order chi connectivity index (χ0) is 15.1. The van der Waals surface area contributed by atoms with Crippen LogP contribution in [0.4, 0.5) is 0 Å². The van der Waals surface area contributed by atoms with Gasteiger partial charge in [-0.05, 0) is 19.4 Å². The minimum absolute atomic E-state index is 0. The SMILES string of the molecule is CCNC(=NCc1cccc(C)c1)NCc1ncnn1C.I. The minimum atomic E-state index is 0. The standard InChI is InChI=1S/C15H22N6.HI/c1-4-16-15(18-10-14-19-11-20-21(14)3)17-9-13-7-5-6-12(2)8-13;/h5-8,11H,4,9-10H2,1-3H3,(H2,16,17,18);1H. The summed E-state index contributed by atoms with van der Waals surface area (Å²) in [7, 11) is 1.88. The summed E-state index contributed by atoms with van der Waals surface area (Å²) < 4.78 is 1.75. The van der Waals surface area contributed by atoms with E-state index in [9.17, 15) is 0 Å². The summed E-state index contributed by atoms with van der Waals surface area (Å²) in [5, 5.41) is 10.5. The maximum atomic E-state index is 4.59. The van der Waals surface area contributed by atoms with Crippen LogP contribution in [-0.4, -0.2) is 27.3 Å². The van der Waals surface area contributed by atoms with Crippen LogP contribution < -0.4 is 10.6 Å². The summed E-state index contributed by atoms with van der Waals surface area (Å²) in [5.41, 5.74) is 2.45. The molecule has 7 heteroatoms. The first-order valence-corrected chi connectivity index (χ1v) is 7.09. The molecule has 0 aliphatic heterocycles. The molecule has 0 radical (unpaired) electrons. The van der Waals surface area contributed by atoms with E-state index in [-0.39, 0.29) is 24.0 Å². The molecule has 0 fully saturated rings. The molecule has 2 rings (SSSR count). The fourth-order valence-electron chi connectivity index (χ4n) is 1.97. The predicted octanol–water partition coefficient (Wildman–Crippen LogP) is 2.00. The van der Waals surface area contributed by atoms with E-state index in [0.29, 0.717) is 13.1 Å². The molecule has 0 spiro atoms. The van der Waals surface area contributed by atoms with Crippen molar-refractivity contribution < 1.29 is 0 Å². The van der Waals surface area contributed by atoms with Crippen molar-refractivity contribution in [2.75, 3.05) is 6.54 Å². The average molecular weight is 414 g/mol. The number of hydrogen-bond donors (Lipinski definition) is 2. The van der Waals surface area contributed by atoms with Gasteiger partial charge in [-0.15, -0.1) is 24.0 Å². The van der Waals surface area contributed by atoms with Crippen LogP contribution in [0, 0.1) is 6.92 Å². The van der Waals surface area contributed by atoms with Gasteiger partial charge in [0.1, 0.15) is 12.2 Å². The van der Waals surface area contributed by atoms with Crippen LogP contribution >= 0.6 is 24.0 Å². The zero-order valence-electron chi connectivity index (χ0n) is 13.2. The van der Waals surface area contributed by atoms with Crippen molar-refractivity contribution in [2.45, 2.75) is 26.9 Å². The summed E-state index contributed by atoms with van der Waals surface area (Å²) in [5.74, 6) is 1.65. The van der Waals surface area contributed by atoms with Gasteiger partial charge in [0.05, 0.1) is 13.1 Å². The Balaban J connectivity index is 0.00000242. The van der Waals surface area contributed by atoms with Gasteiger partial charge >= 0.3 is 0 Å². The Hall–Kier alpha value is -1.64. The number of benzene rings is 1. The molecule has 0 amide bonds. The normalized spacial score (nSPS) is 11.0. The van der Waals surface area contributed by atoms with Crippen LogP contribution in [0.2, 0.25) is 0 Å². The van der Waals surface area contributed by atoms with Crippen LogP contribution in [0.15, 0.2) is 35.6 Å². The molecule has 0 bridgehead atoms. The first kappa shape index (κ1) is 18.4. The second kappa shape index (κ2) is 9.39. The molecule has 2 N–H and O–H groups in total. The van der Waals surface area contributed by atoms with Crippen molar-refractivity contribution in [3.05, 3.63) is 47.5 Å². The largest absolute Gasteiger partial charge is 0.357 e. The Labute approximate surface area is 148 Å². The Kier molecular flexibility index (Phi) is 7.86. The van der Waals surface area contributed by atoms with E-state index in [1.807, 2.05) is 14.0 Å². The number of hydrogen-bond acceptors (Lipinski definition) is 3. The molecule has 2 aromatic rings. The summed E-state index contributed by atoms with van der Waals surface area (Å²) in [6.45, 7) is 6.20. The monoisotopic (exact) mass is 414 g/mol. The van der Waals surface area contributed by atoms with Crippen molar-refractivity contribution in [1.82, 2.24) is 25.4 Å². The second-order valence-electron chi connectivity index (χ2n) is 4.84. The van der Waals surface area contributed by atoms with Gasteiger partial charge in [0, 0.05) is 13.6 Å². The number of nitrogens with zero attached hydrogens (tertiary/aromatic N) is 4. The van der Waals surface area contributed by atoms with Crippen LogP contribution in [0.25, 0.3) is 0 Å². The Bertz CT molecular complexity index is 608. The fourth-order valence-corrected chi connectivity index (χ4v) is 1.97. The van der Waals surface area contributed by atoms with Crippen molar-refractivity contribution in [3.8, 4) is 0 Å². The zero-order valence-corrected chi connectivity index (χ0v) is 15.5. The van der Waals surface area contributed by atoms with E-state index >= 15 is 0 Å². The third-order valence-corrected chi connectivity index (χ3v) is 3.07. The highest BCUT2D eigenvalue weighted by Crippen LogP contribution is 2.05. The van der Waals surface area contributed by atoms with Gasteiger partial charge in [-0.2, -0.15) is 5.10 Å². The number of guanidine groups is 1. The molecule has 0 atom stereocenters. The molecule has 22 heavy (non-hydrogen) atoms. The summed E-state index contributed by atoms with van der Waals surface area (Å²) in [6.07, 6.45) is 1.55. The third-order valence-electron chi connectivity index (χ3n) is 3.07. The lowest BCUT2D eigenvalue weighted by Crippen LogP contribution is -2.37. The maximum absolute atomic E-state index is 4.59. The summed E-state index contributed by atoms with van der Waals surface area (Å²) in [4.78, 5) is 8.78. The number of aryl methyl sites for hydroxylation is 2. The molecule has 0 aliphatic carbocycles. The molecule has 1 aromatic carbocycles. The van der Waals surface area contributed by atoms with Crippen molar-refractivity contribution >= 4 is 29.9 Å². The van der Waals surface area contributed by atoms with Crippen molar-refractivity contribution in [3.63, 3.8) is 0 Å². The average Bonchev–Trinajstić information content (AvgIpc) is 2.87. The van der Waals surface area contributed by atoms with Crippen LogP contribution in [0.1, 0.15) is 23.9 Å². The van der Waals surface area contributed by atoms with Gasteiger partial charge in [0.25, 0.3) is 0 Å². The van der Waals surface area contributed by atoms with E-state index in [4.69, 9.17) is 0 Å². The number of aromatic nitrogens is 3. The van der Waals surface area contributed by atoms with Crippen LogP contribution in [0.3, 0.4) is 0 Å². The number of aliphatic imine (C=N–C) groups is 1. The van der Waals surface area contributed by atoms with Gasteiger partial charge in [0.15, 0.2) is 5.96 Å². The highest BCUT2D eigenvalue weighted by atomic mass is 127. The van der Waals surface area contributed by atoms with Gasteiger partial charge in [-0.3, -0.25) is 4.68 Å². The molecule has 1 heterocycles. The van der Waals surface area contributed by atoms with Gasteiger partial charge in [0.2, 0.25) is 0 Å². The predicted molar refractivity (Wildman–Crippen MR) is 99.3 cm³/mol. The molecule has 120 valence electrons. The molecule has 6 nitrogen and oxygen atoms in total. The van der Waals surface area contributed by atoms with Crippen molar-refractivity contribution in [1.29, 1.82) is 0 Å². The van der Waals surface area contributed by atoms with Crippen LogP contribution in [0.5, 0.6) is 0 Å². The number of rotatable bonds is 5. The maximum Gasteiger partial charge on any atom is 0.191 e. The molecule has 0 aliphatic rings. The third kappa shape index (κ3) is 5.63. The lowest BCUT2D eigenvalue weighted by molar-refractivity contribution is 0.673. The van der Waals surface area contributed by atoms with E-state index < -0.39 is 0 Å². The number of nitrogens with one attached hydrogen (secondary N) is 2. The van der Waals surface area contributed by atoms with E-state index in [0.717, 1.165) is 18.3 Å². The van der Waals surface area contributed by atoms with Gasteiger partial charge < -0.3 is 10.6 Å². The first-order valence-electron chi connectivity index (χ1n) is 7.09. The first-order chi connectivity index (χ1) is 10.2. The molecule has 0 unspecified atom stereocenters. The molecule has 0 saturated heterocycles. The van der Waals surface area contributed by atoms with E-state index in [2.05, 4.69) is 56.9 Å². The van der Waals surface area contributed by atoms with Gasteiger partial charge in [-0.1, -0.05) is 29.8 Å². The van der Waals surface area contributed by atoms with Crippen molar-refractivity contribution in [2.24, 2.45) is 12.0 Å². The molecule has 1 aromatic heterocycles. The second-order valence-corrected chi connectivity index (χ2v) is 4.84. The smallest absolute Gasteiger partial charge is 0.191 e. The Morgan fingerprint density at radius 2 is 2.14 bits per heavy atom. The summed E-state index contributed by atoms with van der Waals surface area (Å²) in [6, 6.07) is 8.38. The van der Waals surface area contributed by atoms with E-state index in [1.165, 1.54) is 11.1 Å². The van der Waals surface area contributed by atoms with Gasteiger partial charge in [-0.25, -0.2) is 9.98 Å². The minimum Gasteiger partial charge on any atom is -0.357 e. The molecular formula is C15H23IN6. The lowest BCUT2D eigenvalue weighted by atomic mass is 10.1. The highest BCUT2D eigenvalue weighted by Gasteiger charge is 2.02. The number of halogens is 1. The molecule has 0 saturated carbocycles. The van der Waals surface area contributed by atoms with E-state index in [1.54, 1.807) is 11.0 Å².